The van der Waals surface area contributed by atoms with Crippen molar-refractivity contribution in [1.82, 2.24) is 0 Å². The molecule has 0 aliphatic carbocycles. The molecule has 0 saturated carbocycles. The van der Waals surface area contributed by atoms with Crippen LogP contribution in [0, 0.1) is 0 Å². The van der Waals surface area contributed by atoms with Gasteiger partial charge >= 0.3 is 0 Å². The minimum Gasteiger partial charge on any atom is -0.491 e. The lowest BCUT2D eigenvalue weighted by Crippen LogP contribution is -2.16. The van der Waals surface area contributed by atoms with Gasteiger partial charge in [0.05, 0.1) is 6.10 Å². The molecule has 2 aromatic rings. The molecule has 120 valence electrons. The summed E-state index contributed by atoms with van der Waals surface area (Å²) in [6, 6.07) is 14.1. The van der Waals surface area contributed by atoms with E-state index in [0.29, 0.717) is 17.2 Å². The standard InChI is InChI=1S/C18H18ClNO3/c19-14-5-3-13(4-6-14)18(21)20-15-7-9-16(10-8-15)23-12-17-2-1-11-22-17/h3-10,17H,1-2,11-12H2,(H,20,21)/t17-/m0/s1. The Labute approximate surface area is 140 Å². The summed E-state index contributed by atoms with van der Waals surface area (Å²) < 4.78 is 11.2. The number of rotatable bonds is 5. The van der Waals surface area contributed by atoms with Gasteiger partial charge in [0.1, 0.15) is 12.4 Å². The molecule has 1 aliphatic heterocycles. The second kappa shape index (κ2) is 7.49. The zero-order valence-electron chi connectivity index (χ0n) is 12.6. The molecule has 4 nitrogen and oxygen atoms in total. The zero-order chi connectivity index (χ0) is 16.1. The molecule has 0 aromatic heterocycles. The molecule has 2 aromatic carbocycles. The van der Waals surface area contributed by atoms with Gasteiger partial charge in [-0.25, -0.2) is 0 Å². The number of benzene rings is 2. The number of carbonyl (C=O) groups excluding carboxylic acids is 1. The van der Waals surface area contributed by atoms with E-state index in [1.165, 1.54) is 0 Å². The van der Waals surface area contributed by atoms with Gasteiger partial charge in [-0.05, 0) is 61.4 Å². The molecule has 0 bridgehead atoms. The van der Waals surface area contributed by atoms with Crippen molar-refractivity contribution in [3.05, 3.63) is 59.1 Å². The second-order valence-corrected chi connectivity index (χ2v) is 5.87. The first-order valence-electron chi connectivity index (χ1n) is 7.62. The smallest absolute Gasteiger partial charge is 0.255 e. The van der Waals surface area contributed by atoms with E-state index >= 15 is 0 Å². The average Bonchev–Trinajstić information content (AvgIpc) is 3.08. The Morgan fingerprint density at radius 1 is 1.17 bits per heavy atom. The lowest BCUT2D eigenvalue weighted by Gasteiger charge is -2.12. The molecule has 0 spiro atoms. The molecule has 0 unspecified atom stereocenters. The van der Waals surface area contributed by atoms with Gasteiger partial charge in [-0.15, -0.1) is 0 Å². The minimum atomic E-state index is -0.172. The Morgan fingerprint density at radius 2 is 1.91 bits per heavy atom. The van der Waals surface area contributed by atoms with Crippen LogP contribution in [0.5, 0.6) is 5.75 Å². The molecule has 0 radical (unpaired) electrons. The van der Waals surface area contributed by atoms with Gasteiger partial charge in [0.15, 0.2) is 0 Å². The molecule has 1 heterocycles. The van der Waals surface area contributed by atoms with Crippen LogP contribution >= 0.6 is 11.6 Å². The molecular formula is C18H18ClNO3. The van der Waals surface area contributed by atoms with Crippen molar-refractivity contribution >= 4 is 23.2 Å². The van der Waals surface area contributed by atoms with Crippen molar-refractivity contribution in [2.75, 3.05) is 18.5 Å². The lowest BCUT2D eigenvalue weighted by molar-refractivity contribution is 0.0679. The van der Waals surface area contributed by atoms with Crippen molar-refractivity contribution in [3.63, 3.8) is 0 Å². The van der Waals surface area contributed by atoms with E-state index in [2.05, 4.69) is 5.32 Å². The summed E-state index contributed by atoms with van der Waals surface area (Å²) in [5, 5.41) is 3.45. The third-order valence-corrected chi connectivity index (χ3v) is 3.93. The SMILES string of the molecule is O=C(Nc1ccc(OC[C@@H]2CCCO2)cc1)c1ccc(Cl)cc1. The van der Waals surface area contributed by atoms with Crippen LogP contribution in [0.4, 0.5) is 5.69 Å². The molecule has 3 rings (SSSR count). The van der Waals surface area contributed by atoms with E-state index in [4.69, 9.17) is 21.1 Å². The Bertz CT molecular complexity index is 649. The Balaban J connectivity index is 1.54. The number of anilines is 1. The highest BCUT2D eigenvalue weighted by Gasteiger charge is 2.15. The lowest BCUT2D eigenvalue weighted by atomic mass is 10.2. The van der Waals surface area contributed by atoms with Crippen LogP contribution < -0.4 is 10.1 Å². The van der Waals surface area contributed by atoms with Crippen LogP contribution in [0.1, 0.15) is 23.2 Å². The van der Waals surface area contributed by atoms with Gasteiger partial charge in [-0.1, -0.05) is 11.6 Å². The van der Waals surface area contributed by atoms with Gasteiger partial charge in [0.25, 0.3) is 5.91 Å². The summed E-state index contributed by atoms with van der Waals surface area (Å²) in [6.45, 7) is 1.39. The summed E-state index contributed by atoms with van der Waals surface area (Å²) in [6.07, 6.45) is 2.35. The van der Waals surface area contributed by atoms with Crippen molar-refractivity contribution in [2.24, 2.45) is 0 Å². The highest BCUT2D eigenvalue weighted by molar-refractivity contribution is 6.30. The van der Waals surface area contributed by atoms with Gasteiger partial charge in [0.2, 0.25) is 0 Å². The maximum Gasteiger partial charge on any atom is 0.255 e. The normalized spacial score (nSPS) is 17.0. The van der Waals surface area contributed by atoms with Gasteiger partial charge in [-0.3, -0.25) is 4.79 Å². The molecule has 23 heavy (non-hydrogen) atoms. The maximum atomic E-state index is 12.1. The van der Waals surface area contributed by atoms with Gasteiger partial charge < -0.3 is 14.8 Å². The largest absolute Gasteiger partial charge is 0.491 e. The van der Waals surface area contributed by atoms with Crippen LogP contribution in [-0.4, -0.2) is 25.2 Å². The molecule has 1 N–H and O–H groups in total. The predicted octanol–water partition coefficient (Wildman–Crippen LogP) is 4.15. The number of nitrogens with one attached hydrogen (secondary N) is 1. The van der Waals surface area contributed by atoms with Crippen molar-refractivity contribution in [1.29, 1.82) is 0 Å². The van der Waals surface area contributed by atoms with Crippen LogP contribution in [0.15, 0.2) is 48.5 Å². The van der Waals surface area contributed by atoms with Crippen molar-refractivity contribution in [3.8, 4) is 5.75 Å². The number of hydrogen-bond donors (Lipinski definition) is 1. The van der Waals surface area contributed by atoms with E-state index in [1.807, 2.05) is 24.3 Å². The summed E-state index contributed by atoms with van der Waals surface area (Å²) in [5.41, 5.74) is 1.28. The van der Waals surface area contributed by atoms with Crippen molar-refractivity contribution in [2.45, 2.75) is 18.9 Å². The average molecular weight is 332 g/mol. The molecular weight excluding hydrogens is 314 g/mol. The summed E-state index contributed by atoms with van der Waals surface area (Å²) in [4.78, 5) is 12.1. The molecule has 1 saturated heterocycles. The minimum absolute atomic E-state index is 0.172. The second-order valence-electron chi connectivity index (χ2n) is 5.43. The Morgan fingerprint density at radius 3 is 2.57 bits per heavy atom. The fourth-order valence-corrected chi connectivity index (χ4v) is 2.53. The monoisotopic (exact) mass is 331 g/mol. The van der Waals surface area contributed by atoms with Crippen molar-refractivity contribution < 1.29 is 14.3 Å². The third kappa shape index (κ3) is 4.47. The summed E-state index contributed by atoms with van der Waals surface area (Å²) in [5.74, 6) is 0.597. The Kier molecular flexibility index (Phi) is 5.16. The van der Waals surface area contributed by atoms with E-state index < -0.39 is 0 Å². The highest BCUT2D eigenvalue weighted by atomic mass is 35.5. The first kappa shape index (κ1) is 15.8. The molecule has 1 atom stereocenters. The Hall–Kier alpha value is -2.04. The highest BCUT2D eigenvalue weighted by Crippen LogP contribution is 2.19. The summed E-state index contributed by atoms with van der Waals surface area (Å²) >= 11 is 5.82. The number of amides is 1. The first-order valence-corrected chi connectivity index (χ1v) is 8.00. The predicted molar refractivity (Wildman–Crippen MR) is 90.3 cm³/mol. The number of ether oxygens (including phenoxy) is 2. The van der Waals surface area contributed by atoms with E-state index in [9.17, 15) is 4.79 Å². The molecule has 1 aliphatic rings. The quantitative estimate of drug-likeness (QED) is 0.895. The number of halogens is 1. The van der Waals surface area contributed by atoms with E-state index in [0.717, 1.165) is 30.9 Å². The topological polar surface area (TPSA) is 47.6 Å². The first-order chi connectivity index (χ1) is 11.2. The van der Waals surface area contributed by atoms with E-state index in [1.54, 1.807) is 24.3 Å². The van der Waals surface area contributed by atoms with Crippen LogP contribution in [-0.2, 0) is 4.74 Å². The maximum absolute atomic E-state index is 12.1. The number of carbonyl (C=O) groups is 1. The van der Waals surface area contributed by atoms with Crippen LogP contribution in [0.3, 0.4) is 0 Å². The van der Waals surface area contributed by atoms with Gasteiger partial charge in [0, 0.05) is 22.9 Å². The fraction of sp³-hybridized carbons (Fsp3) is 0.278. The fourth-order valence-electron chi connectivity index (χ4n) is 2.40. The van der Waals surface area contributed by atoms with E-state index in [-0.39, 0.29) is 12.0 Å². The summed E-state index contributed by atoms with van der Waals surface area (Å²) in [7, 11) is 0. The molecule has 5 heteroatoms. The zero-order valence-corrected chi connectivity index (χ0v) is 13.4. The van der Waals surface area contributed by atoms with Crippen LogP contribution in [0.2, 0.25) is 5.02 Å². The van der Waals surface area contributed by atoms with Gasteiger partial charge in [-0.2, -0.15) is 0 Å². The number of hydrogen-bond acceptors (Lipinski definition) is 3. The molecule has 1 amide bonds. The van der Waals surface area contributed by atoms with Crippen LogP contribution in [0.25, 0.3) is 0 Å². The molecule has 1 fully saturated rings. The third-order valence-electron chi connectivity index (χ3n) is 3.68.